The molecule has 2 amide bonds. The first-order valence-electron chi connectivity index (χ1n) is 14.3. The lowest BCUT2D eigenvalue weighted by atomic mass is 10.1. The Hall–Kier alpha value is -4.36. The number of hydrogen-bond donors (Lipinski definition) is 2. The van der Waals surface area contributed by atoms with E-state index in [-0.39, 0.29) is 30.7 Å². The minimum atomic E-state index is -0.411. The molecule has 0 spiro atoms. The average molecular weight is 636 g/mol. The van der Waals surface area contributed by atoms with E-state index in [0.29, 0.717) is 45.2 Å². The SMILES string of the molecule is CCOC(=O)c1c(NC(=O)CSc2nnc(CNC(=O)c3ccc(OC)cc3)n2-c2ccc(OCC)cc2)sc2c1CCC2. The number of benzene rings is 2. The maximum Gasteiger partial charge on any atom is 0.341 e. The third-order valence-electron chi connectivity index (χ3n) is 6.85. The summed E-state index contributed by atoms with van der Waals surface area (Å²) in [5, 5.41) is 15.5. The average Bonchev–Trinajstić information content (AvgIpc) is 3.74. The van der Waals surface area contributed by atoms with Crippen molar-refractivity contribution in [1.82, 2.24) is 20.1 Å². The third-order valence-corrected chi connectivity index (χ3v) is 8.99. The fourth-order valence-electron chi connectivity index (χ4n) is 4.83. The van der Waals surface area contributed by atoms with Crippen LogP contribution in [0.4, 0.5) is 5.00 Å². The van der Waals surface area contributed by atoms with Crippen LogP contribution in [0.15, 0.2) is 53.7 Å². The Kier molecular flexibility index (Phi) is 10.2. The van der Waals surface area contributed by atoms with Crippen LogP contribution in [0.3, 0.4) is 0 Å². The summed E-state index contributed by atoms with van der Waals surface area (Å²) in [4.78, 5) is 39.8. The molecule has 0 saturated carbocycles. The van der Waals surface area contributed by atoms with E-state index in [0.717, 1.165) is 35.4 Å². The Morgan fingerprint density at radius 3 is 2.43 bits per heavy atom. The number of fused-ring (bicyclic) bond motifs is 1. The van der Waals surface area contributed by atoms with E-state index in [2.05, 4.69) is 20.8 Å². The maximum absolute atomic E-state index is 13.1. The van der Waals surface area contributed by atoms with Crippen molar-refractivity contribution in [2.75, 3.05) is 31.4 Å². The maximum atomic E-state index is 13.1. The van der Waals surface area contributed by atoms with Gasteiger partial charge in [-0.05, 0) is 87.2 Å². The van der Waals surface area contributed by atoms with Crippen molar-refractivity contribution in [3.8, 4) is 17.2 Å². The van der Waals surface area contributed by atoms with Crippen molar-refractivity contribution in [2.24, 2.45) is 0 Å². The number of carbonyl (C=O) groups excluding carboxylic acids is 3. The van der Waals surface area contributed by atoms with Gasteiger partial charge in [-0.1, -0.05) is 11.8 Å². The Balaban J connectivity index is 1.32. The molecule has 0 bridgehead atoms. The first-order valence-corrected chi connectivity index (χ1v) is 16.1. The summed E-state index contributed by atoms with van der Waals surface area (Å²) in [6.45, 7) is 4.57. The Labute approximate surface area is 263 Å². The zero-order chi connectivity index (χ0) is 31.1. The van der Waals surface area contributed by atoms with Crippen molar-refractivity contribution in [3.05, 3.63) is 75.9 Å². The van der Waals surface area contributed by atoms with Crippen molar-refractivity contribution in [1.29, 1.82) is 0 Å². The number of aromatic nitrogens is 3. The van der Waals surface area contributed by atoms with Gasteiger partial charge in [-0.2, -0.15) is 0 Å². The fraction of sp³-hybridized carbons (Fsp3) is 0.323. The molecule has 0 unspecified atom stereocenters. The van der Waals surface area contributed by atoms with E-state index in [4.69, 9.17) is 14.2 Å². The Morgan fingerprint density at radius 1 is 0.977 bits per heavy atom. The summed E-state index contributed by atoms with van der Waals surface area (Å²) in [7, 11) is 1.57. The molecule has 11 nitrogen and oxygen atoms in total. The molecule has 2 N–H and O–H groups in total. The number of hydrogen-bond acceptors (Lipinski definition) is 10. The quantitative estimate of drug-likeness (QED) is 0.153. The molecule has 5 rings (SSSR count). The first kappa shape index (κ1) is 31.1. The molecule has 0 radical (unpaired) electrons. The number of aryl methyl sites for hydroxylation is 1. The van der Waals surface area contributed by atoms with Crippen molar-refractivity contribution in [3.63, 3.8) is 0 Å². The second kappa shape index (κ2) is 14.4. The second-order valence-corrected chi connectivity index (χ2v) is 11.7. The first-order chi connectivity index (χ1) is 21.4. The predicted molar refractivity (Wildman–Crippen MR) is 168 cm³/mol. The normalized spacial score (nSPS) is 12.0. The largest absolute Gasteiger partial charge is 0.497 e. The number of anilines is 1. The van der Waals surface area contributed by atoms with Gasteiger partial charge in [-0.3, -0.25) is 14.2 Å². The minimum absolute atomic E-state index is 0.0260. The van der Waals surface area contributed by atoms with Gasteiger partial charge < -0.3 is 24.8 Å². The molecular weight excluding hydrogens is 603 g/mol. The van der Waals surface area contributed by atoms with Crippen LogP contribution in [-0.4, -0.2) is 58.6 Å². The lowest BCUT2D eigenvalue weighted by molar-refractivity contribution is -0.113. The third kappa shape index (κ3) is 7.05. The Bertz CT molecular complexity index is 1630. The number of amides is 2. The molecule has 13 heteroatoms. The van der Waals surface area contributed by atoms with Crippen molar-refractivity contribution >= 4 is 45.9 Å². The Morgan fingerprint density at radius 2 is 1.73 bits per heavy atom. The highest BCUT2D eigenvalue weighted by Crippen LogP contribution is 2.39. The van der Waals surface area contributed by atoms with Crippen LogP contribution in [0.2, 0.25) is 0 Å². The molecule has 0 atom stereocenters. The molecule has 230 valence electrons. The summed E-state index contributed by atoms with van der Waals surface area (Å²) in [6, 6.07) is 14.2. The van der Waals surface area contributed by atoms with Gasteiger partial charge in [0.2, 0.25) is 5.91 Å². The van der Waals surface area contributed by atoms with Crippen LogP contribution in [0, 0.1) is 0 Å². The minimum Gasteiger partial charge on any atom is -0.497 e. The lowest BCUT2D eigenvalue weighted by Crippen LogP contribution is -2.24. The summed E-state index contributed by atoms with van der Waals surface area (Å²) < 4.78 is 17.8. The highest BCUT2D eigenvalue weighted by atomic mass is 32.2. The molecular formula is C31H33N5O6S2. The van der Waals surface area contributed by atoms with Gasteiger partial charge in [0.25, 0.3) is 5.91 Å². The second-order valence-electron chi connectivity index (χ2n) is 9.69. The van der Waals surface area contributed by atoms with Gasteiger partial charge in [0.15, 0.2) is 11.0 Å². The van der Waals surface area contributed by atoms with E-state index < -0.39 is 5.97 Å². The number of esters is 1. The predicted octanol–water partition coefficient (Wildman–Crippen LogP) is 5.06. The van der Waals surface area contributed by atoms with E-state index >= 15 is 0 Å². The molecule has 1 aliphatic carbocycles. The molecule has 4 aromatic rings. The summed E-state index contributed by atoms with van der Waals surface area (Å²) in [5.41, 5.74) is 2.67. The van der Waals surface area contributed by atoms with Gasteiger partial charge in [0.05, 0.1) is 38.2 Å². The highest BCUT2D eigenvalue weighted by molar-refractivity contribution is 7.99. The number of ether oxygens (including phenoxy) is 3. The molecule has 0 saturated heterocycles. The zero-order valence-electron chi connectivity index (χ0n) is 24.7. The van der Waals surface area contributed by atoms with Crippen LogP contribution in [0.1, 0.15) is 57.2 Å². The van der Waals surface area contributed by atoms with Gasteiger partial charge >= 0.3 is 5.97 Å². The standard InChI is InChI=1S/C31H33N5O6S2/c1-4-41-22-15-11-20(12-16-22)36-25(17-32-28(38)19-9-13-21(40-3)14-10-19)34-35-31(36)43-18-26(37)33-29-27(30(39)42-5-2)23-7-6-8-24(23)44-29/h9-16H,4-8,17-18H2,1-3H3,(H,32,38)(H,33,37). The van der Waals surface area contributed by atoms with E-state index in [1.54, 1.807) is 42.9 Å². The monoisotopic (exact) mass is 635 g/mol. The van der Waals surface area contributed by atoms with Gasteiger partial charge in [-0.15, -0.1) is 21.5 Å². The van der Waals surface area contributed by atoms with Crippen LogP contribution >= 0.6 is 23.1 Å². The van der Waals surface area contributed by atoms with E-state index in [1.807, 2.05) is 31.2 Å². The number of thiophene rings is 1. The molecule has 0 fully saturated rings. The van der Waals surface area contributed by atoms with Gasteiger partial charge in [-0.25, -0.2) is 4.79 Å². The zero-order valence-corrected chi connectivity index (χ0v) is 26.3. The summed E-state index contributed by atoms with van der Waals surface area (Å²) >= 11 is 2.64. The van der Waals surface area contributed by atoms with Gasteiger partial charge in [0.1, 0.15) is 16.5 Å². The lowest BCUT2D eigenvalue weighted by Gasteiger charge is -2.12. The van der Waals surface area contributed by atoms with Crippen LogP contribution < -0.4 is 20.1 Å². The van der Waals surface area contributed by atoms with Crippen LogP contribution in [0.25, 0.3) is 5.69 Å². The highest BCUT2D eigenvalue weighted by Gasteiger charge is 2.28. The number of rotatable bonds is 13. The molecule has 2 heterocycles. The van der Waals surface area contributed by atoms with Gasteiger partial charge in [0, 0.05) is 16.1 Å². The number of methoxy groups -OCH3 is 1. The smallest absolute Gasteiger partial charge is 0.341 e. The molecule has 2 aromatic heterocycles. The van der Waals surface area contributed by atoms with Crippen molar-refractivity contribution < 1.29 is 28.6 Å². The number of thioether (sulfide) groups is 1. The molecule has 2 aromatic carbocycles. The fourth-order valence-corrected chi connectivity index (χ4v) is 6.90. The molecule has 0 aliphatic heterocycles. The number of nitrogens with one attached hydrogen (secondary N) is 2. The number of carbonyl (C=O) groups is 3. The topological polar surface area (TPSA) is 134 Å². The summed E-state index contributed by atoms with van der Waals surface area (Å²) in [5.74, 6) is 0.914. The summed E-state index contributed by atoms with van der Waals surface area (Å²) in [6.07, 6.45) is 2.68. The number of nitrogens with zero attached hydrogens (tertiary/aromatic N) is 3. The van der Waals surface area contributed by atoms with E-state index in [9.17, 15) is 14.4 Å². The molecule has 1 aliphatic rings. The van der Waals surface area contributed by atoms with Crippen LogP contribution in [-0.2, 0) is 28.9 Å². The van der Waals surface area contributed by atoms with E-state index in [1.165, 1.54) is 23.1 Å². The van der Waals surface area contributed by atoms with Crippen molar-refractivity contribution in [2.45, 2.75) is 44.8 Å². The molecule has 44 heavy (non-hydrogen) atoms. The van der Waals surface area contributed by atoms with Crippen LogP contribution in [0.5, 0.6) is 11.5 Å².